The molecule has 6 heteroatoms. The maximum atomic E-state index is 11.8. The fourth-order valence-corrected chi connectivity index (χ4v) is 3.04. The van der Waals surface area contributed by atoms with E-state index in [1.807, 2.05) is 0 Å². The van der Waals surface area contributed by atoms with Gasteiger partial charge in [0.1, 0.15) is 0 Å². The second-order valence-electron chi connectivity index (χ2n) is 4.60. The number of hydrogen-bond donors (Lipinski definition) is 1. The third kappa shape index (κ3) is 2.15. The number of nitrogens with two attached hydrogens (primary N) is 1. The van der Waals surface area contributed by atoms with E-state index in [1.54, 1.807) is 20.8 Å². The van der Waals surface area contributed by atoms with E-state index in [1.165, 1.54) is 4.31 Å². The lowest BCUT2D eigenvalue weighted by molar-refractivity contribution is -0.126. The average Bonchev–Trinajstić information content (AvgIpc) is 2.49. The van der Waals surface area contributed by atoms with Crippen LogP contribution in [0.5, 0.6) is 0 Å². The summed E-state index contributed by atoms with van der Waals surface area (Å²) in [5, 5.41) is -0.451. The van der Waals surface area contributed by atoms with Crippen molar-refractivity contribution in [3.8, 4) is 0 Å². The Morgan fingerprint density at radius 2 is 2.00 bits per heavy atom. The molecule has 2 N–H and O–H groups in total. The number of carbonyl (C=O) groups is 1. The van der Waals surface area contributed by atoms with Crippen LogP contribution in [0.2, 0.25) is 0 Å². The summed E-state index contributed by atoms with van der Waals surface area (Å²) in [5.41, 5.74) is 4.55. The number of hydrogen-bond acceptors (Lipinski definition) is 3. The zero-order valence-corrected chi connectivity index (χ0v) is 10.2. The van der Waals surface area contributed by atoms with E-state index in [-0.39, 0.29) is 6.54 Å². The van der Waals surface area contributed by atoms with Gasteiger partial charge in [-0.15, -0.1) is 0 Å². The van der Waals surface area contributed by atoms with Gasteiger partial charge in [-0.25, -0.2) is 12.7 Å². The fourth-order valence-electron chi connectivity index (χ4n) is 1.64. The largest absolute Gasteiger partial charge is 0.369 e. The molecule has 1 aliphatic heterocycles. The molecule has 0 aliphatic carbocycles. The molecule has 0 aromatic rings. The number of rotatable bonds is 3. The molecule has 1 amide bonds. The summed E-state index contributed by atoms with van der Waals surface area (Å²) in [5.74, 6) is -0.427. The van der Waals surface area contributed by atoms with Crippen molar-refractivity contribution in [2.75, 3.05) is 13.1 Å². The van der Waals surface area contributed by atoms with Crippen molar-refractivity contribution in [1.29, 1.82) is 0 Å². The van der Waals surface area contributed by atoms with Crippen molar-refractivity contribution in [3.63, 3.8) is 0 Å². The molecule has 1 saturated heterocycles. The Hall–Kier alpha value is -0.620. The normalized spacial score (nSPS) is 28.5. The van der Waals surface area contributed by atoms with Crippen LogP contribution in [0.3, 0.4) is 0 Å². The molecular formula is C9H18N2O3S. The van der Waals surface area contributed by atoms with Crippen LogP contribution in [0.15, 0.2) is 0 Å². The molecule has 88 valence electrons. The molecule has 1 atom stereocenters. The van der Waals surface area contributed by atoms with Crippen LogP contribution in [0.4, 0.5) is 0 Å². The molecule has 1 heterocycles. The molecular weight excluding hydrogens is 216 g/mol. The summed E-state index contributed by atoms with van der Waals surface area (Å²) >= 11 is 0. The Bertz CT molecular complexity index is 364. The highest BCUT2D eigenvalue weighted by Crippen LogP contribution is 2.31. The molecule has 5 nitrogen and oxygen atoms in total. The highest BCUT2D eigenvalue weighted by Gasteiger charge is 2.43. The molecule has 1 fully saturated rings. The van der Waals surface area contributed by atoms with Gasteiger partial charge >= 0.3 is 0 Å². The SMILES string of the molecule is CC(C)S(=O)(=O)N1CCC(C)(C(N)=O)C1. The van der Waals surface area contributed by atoms with Gasteiger partial charge in [-0.2, -0.15) is 0 Å². The predicted octanol–water partition coefficient (Wildman–Crippen LogP) is -0.0781. The molecule has 1 unspecified atom stereocenters. The van der Waals surface area contributed by atoms with Gasteiger partial charge in [-0.3, -0.25) is 4.79 Å². The number of nitrogens with zero attached hydrogens (tertiary/aromatic N) is 1. The lowest BCUT2D eigenvalue weighted by Gasteiger charge is -2.22. The first-order chi connectivity index (χ1) is 6.70. The molecule has 0 radical (unpaired) electrons. The van der Waals surface area contributed by atoms with E-state index in [0.29, 0.717) is 13.0 Å². The van der Waals surface area contributed by atoms with E-state index < -0.39 is 26.6 Å². The van der Waals surface area contributed by atoms with Crippen molar-refractivity contribution in [2.45, 2.75) is 32.4 Å². The lowest BCUT2D eigenvalue weighted by atomic mass is 9.89. The third-order valence-corrected chi connectivity index (χ3v) is 5.21. The van der Waals surface area contributed by atoms with Crippen LogP contribution < -0.4 is 5.73 Å². The minimum absolute atomic E-state index is 0.211. The molecule has 15 heavy (non-hydrogen) atoms. The number of sulfonamides is 1. The van der Waals surface area contributed by atoms with Crippen LogP contribution in [0.1, 0.15) is 27.2 Å². The van der Waals surface area contributed by atoms with Crippen LogP contribution in [-0.2, 0) is 14.8 Å². The van der Waals surface area contributed by atoms with E-state index in [9.17, 15) is 13.2 Å². The van der Waals surface area contributed by atoms with E-state index in [4.69, 9.17) is 5.73 Å². The smallest absolute Gasteiger partial charge is 0.224 e. The number of amides is 1. The van der Waals surface area contributed by atoms with Gasteiger partial charge in [0.05, 0.1) is 10.7 Å². The fraction of sp³-hybridized carbons (Fsp3) is 0.889. The van der Waals surface area contributed by atoms with Gasteiger partial charge in [0.15, 0.2) is 0 Å². The second-order valence-corrected chi connectivity index (χ2v) is 7.09. The summed E-state index contributed by atoms with van der Waals surface area (Å²) in [4.78, 5) is 11.2. The first-order valence-corrected chi connectivity index (χ1v) is 6.49. The molecule has 0 spiro atoms. The van der Waals surface area contributed by atoms with Crippen LogP contribution >= 0.6 is 0 Å². The second kappa shape index (κ2) is 3.75. The van der Waals surface area contributed by atoms with E-state index in [0.717, 1.165) is 0 Å². The molecule has 0 aromatic heterocycles. The summed E-state index contributed by atoms with van der Waals surface area (Å²) in [6, 6.07) is 0. The average molecular weight is 234 g/mol. The van der Waals surface area contributed by atoms with Crippen LogP contribution in [-0.4, -0.2) is 37.0 Å². The molecule has 0 saturated carbocycles. The highest BCUT2D eigenvalue weighted by molar-refractivity contribution is 7.89. The van der Waals surface area contributed by atoms with Crippen molar-refractivity contribution in [3.05, 3.63) is 0 Å². The maximum absolute atomic E-state index is 11.8. The Morgan fingerprint density at radius 1 is 1.47 bits per heavy atom. The third-order valence-electron chi connectivity index (χ3n) is 2.99. The monoisotopic (exact) mass is 234 g/mol. The van der Waals surface area contributed by atoms with Gasteiger partial charge < -0.3 is 5.73 Å². The van der Waals surface area contributed by atoms with E-state index >= 15 is 0 Å². The lowest BCUT2D eigenvalue weighted by Crippen LogP contribution is -2.40. The summed E-state index contributed by atoms with van der Waals surface area (Å²) < 4.78 is 25.0. The Labute approximate surface area is 90.7 Å². The van der Waals surface area contributed by atoms with Crippen LogP contribution in [0.25, 0.3) is 0 Å². The van der Waals surface area contributed by atoms with E-state index in [2.05, 4.69) is 0 Å². The van der Waals surface area contributed by atoms with Gasteiger partial charge in [0.25, 0.3) is 0 Å². The van der Waals surface area contributed by atoms with Crippen molar-refractivity contribution < 1.29 is 13.2 Å². The van der Waals surface area contributed by atoms with Crippen molar-refractivity contribution in [2.24, 2.45) is 11.1 Å². The minimum Gasteiger partial charge on any atom is -0.369 e. The first kappa shape index (κ1) is 12.4. The summed E-state index contributed by atoms with van der Waals surface area (Å²) in [6.07, 6.45) is 0.508. The highest BCUT2D eigenvalue weighted by atomic mass is 32.2. The first-order valence-electron chi connectivity index (χ1n) is 4.99. The quantitative estimate of drug-likeness (QED) is 0.741. The zero-order valence-electron chi connectivity index (χ0n) is 9.36. The van der Waals surface area contributed by atoms with Gasteiger partial charge in [0.2, 0.25) is 15.9 Å². The molecule has 1 aliphatic rings. The van der Waals surface area contributed by atoms with Crippen molar-refractivity contribution in [1.82, 2.24) is 4.31 Å². The maximum Gasteiger partial charge on any atom is 0.224 e. The van der Waals surface area contributed by atoms with Gasteiger partial charge in [-0.1, -0.05) is 0 Å². The Kier molecular flexibility index (Phi) is 3.11. The summed E-state index contributed by atoms with van der Waals surface area (Å²) in [7, 11) is -3.26. The molecule has 0 aromatic carbocycles. The van der Waals surface area contributed by atoms with Gasteiger partial charge in [-0.05, 0) is 27.2 Å². The Balaban J connectivity index is 2.86. The van der Waals surface area contributed by atoms with Crippen molar-refractivity contribution >= 4 is 15.9 Å². The topological polar surface area (TPSA) is 80.5 Å². The summed E-state index contributed by atoms with van der Waals surface area (Å²) in [6.45, 7) is 5.58. The predicted molar refractivity (Wildman–Crippen MR) is 57.5 cm³/mol. The molecule has 1 rings (SSSR count). The number of primary amides is 1. The Morgan fingerprint density at radius 3 is 2.33 bits per heavy atom. The van der Waals surface area contributed by atoms with Gasteiger partial charge in [0, 0.05) is 13.1 Å². The zero-order chi connectivity index (χ0) is 11.9. The molecule has 0 bridgehead atoms. The van der Waals surface area contributed by atoms with Crippen LogP contribution in [0, 0.1) is 5.41 Å². The standard InChI is InChI=1S/C9H18N2O3S/c1-7(2)15(13,14)11-5-4-9(3,6-11)8(10)12/h7H,4-6H2,1-3H3,(H2,10,12). The minimum atomic E-state index is -3.26. The number of carbonyl (C=O) groups excluding carboxylic acids is 1.